The fraction of sp³-hybridized carbons (Fsp3) is 0.467. The van der Waals surface area contributed by atoms with E-state index >= 15 is 0 Å². The van der Waals surface area contributed by atoms with Gasteiger partial charge in [-0.15, -0.1) is 0 Å². The fourth-order valence-electron chi connectivity index (χ4n) is 6.28. The average molecular weight is 598 g/mol. The summed E-state index contributed by atoms with van der Waals surface area (Å²) in [5.41, 5.74) is 2.53. The van der Waals surface area contributed by atoms with Crippen molar-refractivity contribution in [1.29, 1.82) is 0 Å². The number of hydrogen-bond acceptors (Lipinski definition) is 8. The maximum atomic E-state index is 11.1. The van der Waals surface area contributed by atoms with Gasteiger partial charge in [-0.1, -0.05) is 23.2 Å². The smallest absolute Gasteiger partial charge is 0.303 e. The molecule has 41 heavy (non-hydrogen) atoms. The lowest BCUT2D eigenvalue weighted by Crippen LogP contribution is -2.45. The second-order valence-corrected chi connectivity index (χ2v) is 12.2. The third-order valence-electron chi connectivity index (χ3n) is 8.37. The highest BCUT2D eigenvalue weighted by molar-refractivity contribution is 6.35. The number of fused-ring (bicyclic) bond motifs is 1. The molecule has 9 nitrogen and oxygen atoms in total. The number of halogens is 2. The standard InChI is InChI=1S/C30H34Cl2N6O3/c31-23-12-22(13-24(32)14-23)27-9-20(17-37-6-2-19(3-7-37)11-29(39)40)10-28(36-27)41-25-15-34-30(35-16-25)38-8-4-26-21(18-38)1-5-33-26/h9-10,12-16,19,21,26,33H,1-8,11,17-18H2,(H,39,40)/t21-,26-/m0/s1. The quantitative estimate of drug-likeness (QED) is 0.348. The molecule has 5 heterocycles. The number of carboxylic acid groups (broad SMARTS) is 1. The van der Waals surface area contributed by atoms with Crippen molar-refractivity contribution < 1.29 is 14.6 Å². The average Bonchev–Trinajstić information content (AvgIpc) is 3.42. The number of nitrogens with zero attached hydrogens (tertiary/aromatic N) is 5. The molecule has 3 aromatic rings. The van der Waals surface area contributed by atoms with Gasteiger partial charge in [0.15, 0.2) is 5.75 Å². The predicted molar refractivity (Wildman–Crippen MR) is 159 cm³/mol. The number of nitrogens with one attached hydrogen (secondary N) is 1. The van der Waals surface area contributed by atoms with Gasteiger partial charge in [0.05, 0.1) is 18.1 Å². The van der Waals surface area contributed by atoms with Crippen molar-refractivity contribution in [2.24, 2.45) is 11.8 Å². The summed E-state index contributed by atoms with van der Waals surface area (Å²) >= 11 is 12.6. The molecule has 0 radical (unpaired) electrons. The number of rotatable bonds is 8. The minimum Gasteiger partial charge on any atom is -0.481 e. The van der Waals surface area contributed by atoms with Gasteiger partial charge in [0.1, 0.15) is 0 Å². The number of hydrogen-bond donors (Lipinski definition) is 2. The van der Waals surface area contributed by atoms with Crippen LogP contribution >= 0.6 is 23.2 Å². The summed E-state index contributed by atoms with van der Waals surface area (Å²) in [7, 11) is 0. The van der Waals surface area contributed by atoms with E-state index in [9.17, 15) is 4.79 Å². The Morgan fingerprint density at radius 2 is 1.76 bits per heavy atom. The molecule has 216 valence electrons. The van der Waals surface area contributed by atoms with Crippen LogP contribution in [0.4, 0.5) is 5.95 Å². The first-order chi connectivity index (χ1) is 19.9. The molecule has 3 fully saturated rings. The predicted octanol–water partition coefficient (Wildman–Crippen LogP) is 5.51. The lowest BCUT2D eigenvalue weighted by molar-refractivity contribution is -0.138. The van der Waals surface area contributed by atoms with E-state index < -0.39 is 5.97 Å². The van der Waals surface area contributed by atoms with Gasteiger partial charge in [0.25, 0.3) is 0 Å². The number of pyridine rings is 1. The first-order valence-corrected chi connectivity index (χ1v) is 15.0. The lowest BCUT2D eigenvalue weighted by atomic mass is 9.93. The minimum atomic E-state index is -0.725. The Labute approximate surface area is 249 Å². The highest BCUT2D eigenvalue weighted by atomic mass is 35.5. The van der Waals surface area contributed by atoms with E-state index in [1.54, 1.807) is 18.5 Å². The second-order valence-electron chi connectivity index (χ2n) is 11.3. The van der Waals surface area contributed by atoms with Crippen molar-refractivity contribution in [2.45, 2.75) is 44.7 Å². The van der Waals surface area contributed by atoms with E-state index in [4.69, 9.17) is 38.0 Å². The molecule has 0 amide bonds. The number of anilines is 1. The van der Waals surface area contributed by atoms with Crippen LogP contribution in [0.1, 0.15) is 37.7 Å². The van der Waals surface area contributed by atoms with Crippen LogP contribution in [0.15, 0.2) is 42.7 Å². The first-order valence-electron chi connectivity index (χ1n) is 14.3. The Bertz CT molecular complexity index is 1360. The van der Waals surface area contributed by atoms with E-state index in [1.165, 1.54) is 6.42 Å². The molecule has 0 bridgehead atoms. The van der Waals surface area contributed by atoms with Gasteiger partial charge in [-0.25, -0.2) is 15.0 Å². The summed E-state index contributed by atoms with van der Waals surface area (Å²) in [4.78, 5) is 29.7. The number of aromatic nitrogens is 3. The van der Waals surface area contributed by atoms with E-state index in [2.05, 4.69) is 25.1 Å². The van der Waals surface area contributed by atoms with E-state index in [1.807, 2.05) is 24.3 Å². The van der Waals surface area contributed by atoms with Crippen molar-refractivity contribution in [3.63, 3.8) is 0 Å². The Balaban J connectivity index is 1.19. The molecule has 0 saturated carbocycles. The zero-order valence-corrected chi connectivity index (χ0v) is 24.3. The van der Waals surface area contributed by atoms with Crippen LogP contribution in [-0.2, 0) is 11.3 Å². The van der Waals surface area contributed by atoms with Crippen LogP contribution in [0, 0.1) is 11.8 Å². The van der Waals surface area contributed by atoms with Crippen molar-refractivity contribution in [3.8, 4) is 22.9 Å². The SMILES string of the molecule is O=C(O)CC1CCN(Cc2cc(Oc3cnc(N4CC[C@@H]5NCC[C@H]5C4)nc3)nc(-c3cc(Cl)cc(Cl)c3)c2)CC1. The molecule has 0 unspecified atom stereocenters. The van der Waals surface area contributed by atoms with Gasteiger partial charge in [-0.2, -0.15) is 0 Å². The molecule has 3 aliphatic heterocycles. The highest BCUT2D eigenvalue weighted by Crippen LogP contribution is 2.32. The minimum absolute atomic E-state index is 0.230. The summed E-state index contributed by atoms with van der Waals surface area (Å²) < 4.78 is 6.19. The maximum absolute atomic E-state index is 11.1. The molecule has 0 aliphatic carbocycles. The topological polar surface area (TPSA) is 104 Å². The second kappa shape index (κ2) is 12.5. The third-order valence-corrected chi connectivity index (χ3v) is 8.81. The molecular formula is C30H34Cl2N6O3. The van der Waals surface area contributed by atoms with Crippen LogP contribution in [0.3, 0.4) is 0 Å². The molecule has 6 rings (SSSR count). The summed E-state index contributed by atoms with van der Waals surface area (Å²) in [5.74, 6) is 1.83. The number of aliphatic carboxylic acids is 1. The third kappa shape index (κ3) is 7.09. The van der Waals surface area contributed by atoms with Crippen molar-refractivity contribution in [3.05, 3.63) is 58.3 Å². The molecule has 2 aromatic heterocycles. The summed E-state index contributed by atoms with van der Waals surface area (Å²) in [6.07, 6.45) is 7.70. The molecule has 3 saturated heterocycles. The largest absolute Gasteiger partial charge is 0.481 e. The van der Waals surface area contributed by atoms with Gasteiger partial charge in [0.2, 0.25) is 11.8 Å². The number of likely N-dealkylation sites (tertiary alicyclic amines) is 1. The van der Waals surface area contributed by atoms with E-state index in [-0.39, 0.29) is 12.3 Å². The van der Waals surface area contributed by atoms with E-state index in [0.29, 0.717) is 45.9 Å². The molecular weight excluding hydrogens is 563 g/mol. The number of benzene rings is 1. The Kier molecular flexibility index (Phi) is 8.57. The Hall–Kier alpha value is -2.98. The molecule has 2 N–H and O–H groups in total. The molecule has 0 spiro atoms. The molecule has 3 aliphatic rings. The molecule has 2 atom stereocenters. The van der Waals surface area contributed by atoms with Crippen molar-refractivity contribution in [1.82, 2.24) is 25.2 Å². The van der Waals surface area contributed by atoms with Crippen LogP contribution in [-0.4, -0.2) is 69.7 Å². The van der Waals surface area contributed by atoms with Gasteiger partial charge < -0.3 is 20.1 Å². The normalized spacial score (nSPS) is 21.6. The molecule has 11 heteroatoms. The van der Waals surface area contributed by atoms with E-state index in [0.717, 1.165) is 69.1 Å². The van der Waals surface area contributed by atoms with Crippen LogP contribution in [0.2, 0.25) is 10.0 Å². The summed E-state index contributed by atoms with van der Waals surface area (Å²) in [6, 6.07) is 9.94. The summed E-state index contributed by atoms with van der Waals surface area (Å²) in [6.45, 7) is 5.39. The van der Waals surface area contributed by atoms with Gasteiger partial charge in [-0.3, -0.25) is 9.69 Å². The van der Waals surface area contributed by atoms with Gasteiger partial charge in [0, 0.05) is 53.8 Å². The van der Waals surface area contributed by atoms with Gasteiger partial charge in [-0.05, 0) is 87.0 Å². The maximum Gasteiger partial charge on any atom is 0.303 e. The Morgan fingerprint density at radius 1 is 1.00 bits per heavy atom. The van der Waals surface area contributed by atoms with Crippen LogP contribution in [0.25, 0.3) is 11.3 Å². The highest BCUT2D eigenvalue weighted by Gasteiger charge is 2.33. The van der Waals surface area contributed by atoms with Gasteiger partial charge >= 0.3 is 5.97 Å². The number of carboxylic acids is 1. The number of ether oxygens (including phenoxy) is 1. The van der Waals surface area contributed by atoms with Crippen LogP contribution < -0.4 is 15.0 Å². The molecule has 1 aromatic carbocycles. The van der Waals surface area contributed by atoms with Crippen molar-refractivity contribution in [2.75, 3.05) is 37.6 Å². The monoisotopic (exact) mass is 596 g/mol. The number of carbonyl (C=O) groups is 1. The zero-order valence-electron chi connectivity index (χ0n) is 22.8. The van der Waals surface area contributed by atoms with Crippen LogP contribution in [0.5, 0.6) is 11.6 Å². The summed E-state index contributed by atoms with van der Waals surface area (Å²) in [5, 5.41) is 13.8. The fourth-order valence-corrected chi connectivity index (χ4v) is 6.81. The first kappa shape index (κ1) is 28.2. The lowest BCUT2D eigenvalue weighted by Gasteiger charge is -2.34. The number of piperidine rings is 2. The zero-order chi connectivity index (χ0) is 28.3. The van der Waals surface area contributed by atoms with Crippen molar-refractivity contribution >= 4 is 35.1 Å². The Morgan fingerprint density at radius 3 is 2.49 bits per heavy atom.